The Hall–Kier alpha value is -1.55. The number of aryl methyl sites for hydroxylation is 2. The zero-order valence-electron chi connectivity index (χ0n) is 14.1. The van der Waals surface area contributed by atoms with Gasteiger partial charge in [-0.15, -0.1) is 0 Å². The molecule has 0 aliphatic heterocycles. The maximum absolute atomic E-state index is 12.4. The van der Waals surface area contributed by atoms with Crippen LogP contribution >= 0.6 is 0 Å². The van der Waals surface area contributed by atoms with Crippen LogP contribution in [-0.2, 0) is 0 Å². The number of quaternary nitrogens is 1. The monoisotopic (exact) mass is 292 g/mol. The largest absolute Gasteiger partial charge is 0.399 e. The van der Waals surface area contributed by atoms with Crippen molar-refractivity contribution in [2.24, 2.45) is 0 Å². The molecule has 0 spiro atoms. The third-order valence-corrected chi connectivity index (χ3v) is 4.67. The molecular formula is C17H30N3O+. The van der Waals surface area contributed by atoms with Gasteiger partial charge in [0.05, 0.1) is 32.7 Å². The molecule has 0 saturated heterocycles. The van der Waals surface area contributed by atoms with Crippen LogP contribution in [0.15, 0.2) is 12.1 Å². The van der Waals surface area contributed by atoms with Crippen molar-refractivity contribution in [1.82, 2.24) is 5.32 Å². The molecular weight excluding hydrogens is 262 g/mol. The van der Waals surface area contributed by atoms with Crippen molar-refractivity contribution in [3.05, 3.63) is 28.8 Å². The number of amides is 1. The highest BCUT2D eigenvalue weighted by Crippen LogP contribution is 2.17. The normalized spacial score (nSPS) is 11.5. The lowest BCUT2D eigenvalue weighted by Crippen LogP contribution is -2.51. The molecule has 0 radical (unpaired) electrons. The number of carbonyl (C=O) groups excluding carboxylic acids is 1. The molecule has 4 nitrogen and oxygen atoms in total. The minimum Gasteiger partial charge on any atom is -0.399 e. The summed E-state index contributed by atoms with van der Waals surface area (Å²) in [5, 5.41) is 3.06. The lowest BCUT2D eigenvalue weighted by molar-refractivity contribution is -0.922. The minimum absolute atomic E-state index is 0.00593. The predicted molar refractivity (Wildman–Crippen MR) is 89.4 cm³/mol. The molecule has 1 rings (SSSR count). The van der Waals surface area contributed by atoms with Crippen molar-refractivity contribution in [2.45, 2.75) is 34.6 Å². The van der Waals surface area contributed by atoms with Crippen molar-refractivity contribution in [3.63, 3.8) is 0 Å². The summed E-state index contributed by atoms with van der Waals surface area (Å²) in [7, 11) is 0. The van der Waals surface area contributed by atoms with E-state index in [1.807, 2.05) is 26.0 Å². The summed E-state index contributed by atoms with van der Waals surface area (Å²) in [6.07, 6.45) is 0. The Bertz CT molecular complexity index is 462. The number of nitrogens with two attached hydrogens (primary N) is 1. The number of anilines is 1. The molecule has 0 unspecified atom stereocenters. The summed E-state index contributed by atoms with van der Waals surface area (Å²) in [6, 6.07) is 3.71. The number of nitrogen functional groups attached to an aromatic ring is 1. The Morgan fingerprint density at radius 3 is 2.00 bits per heavy atom. The van der Waals surface area contributed by atoms with E-state index in [4.69, 9.17) is 5.73 Å². The van der Waals surface area contributed by atoms with Crippen molar-refractivity contribution in [1.29, 1.82) is 0 Å². The van der Waals surface area contributed by atoms with E-state index < -0.39 is 0 Å². The van der Waals surface area contributed by atoms with Gasteiger partial charge >= 0.3 is 0 Å². The number of rotatable bonds is 7. The number of benzene rings is 1. The van der Waals surface area contributed by atoms with Crippen LogP contribution < -0.4 is 11.1 Å². The quantitative estimate of drug-likeness (QED) is 0.599. The van der Waals surface area contributed by atoms with Crippen LogP contribution in [0, 0.1) is 13.8 Å². The fourth-order valence-electron chi connectivity index (χ4n) is 3.00. The second-order valence-electron chi connectivity index (χ2n) is 5.80. The van der Waals surface area contributed by atoms with E-state index in [1.54, 1.807) is 0 Å². The Labute approximate surface area is 128 Å². The molecule has 1 amide bonds. The van der Waals surface area contributed by atoms with E-state index in [0.717, 1.165) is 47.4 Å². The van der Waals surface area contributed by atoms with Gasteiger partial charge < -0.3 is 15.5 Å². The number of carbonyl (C=O) groups is 1. The predicted octanol–water partition coefficient (Wildman–Crippen LogP) is 2.49. The van der Waals surface area contributed by atoms with Gasteiger partial charge in [-0.1, -0.05) is 0 Å². The van der Waals surface area contributed by atoms with Crippen LogP contribution in [0.5, 0.6) is 0 Å². The molecule has 0 saturated carbocycles. The summed E-state index contributed by atoms with van der Waals surface area (Å²) >= 11 is 0. The van der Waals surface area contributed by atoms with Gasteiger partial charge in [0, 0.05) is 11.3 Å². The Morgan fingerprint density at radius 1 is 1.10 bits per heavy atom. The maximum atomic E-state index is 12.4. The molecule has 1 aromatic rings. The third kappa shape index (κ3) is 4.21. The molecule has 0 aliphatic carbocycles. The second kappa shape index (κ2) is 7.46. The summed E-state index contributed by atoms with van der Waals surface area (Å²) in [4.78, 5) is 12.4. The molecule has 118 valence electrons. The Kier molecular flexibility index (Phi) is 6.21. The van der Waals surface area contributed by atoms with Crippen molar-refractivity contribution < 1.29 is 9.28 Å². The molecule has 0 atom stereocenters. The molecule has 0 heterocycles. The molecule has 3 N–H and O–H groups in total. The molecule has 0 aromatic heterocycles. The average molecular weight is 292 g/mol. The molecule has 21 heavy (non-hydrogen) atoms. The van der Waals surface area contributed by atoms with E-state index in [-0.39, 0.29) is 5.91 Å². The Balaban J connectivity index is 2.71. The van der Waals surface area contributed by atoms with Crippen LogP contribution in [0.1, 0.15) is 42.3 Å². The Morgan fingerprint density at radius 2 is 1.57 bits per heavy atom. The van der Waals surface area contributed by atoms with E-state index in [9.17, 15) is 4.79 Å². The van der Waals surface area contributed by atoms with Crippen LogP contribution in [0.3, 0.4) is 0 Å². The van der Waals surface area contributed by atoms with Gasteiger partial charge in [0.15, 0.2) is 0 Å². The first-order valence-corrected chi connectivity index (χ1v) is 7.89. The van der Waals surface area contributed by atoms with Gasteiger partial charge in [-0.25, -0.2) is 0 Å². The fourth-order valence-corrected chi connectivity index (χ4v) is 3.00. The van der Waals surface area contributed by atoms with E-state index in [0.29, 0.717) is 12.2 Å². The highest BCUT2D eigenvalue weighted by atomic mass is 16.1. The van der Waals surface area contributed by atoms with Crippen molar-refractivity contribution in [3.8, 4) is 0 Å². The number of nitrogens with zero attached hydrogens (tertiary/aromatic N) is 1. The number of hydrogen-bond acceptors (Lipinski definition) is 2. The summed E-state index contributed by atoms with van der Waals surface area (Å²) in [5.74, 6) is 0.00593. The highest BCUT2D eigenvalue weighted by Gasteiger charge is 2.21. The average Bonchev–Trinajstić information content (AvgIpc) is 2.43. The molecule has 0 bridgehead atoms. The van der Waals surface area contributed by atoms with E-state index >= 15 is 0 Å². The standard InChI is InChI=1S/C17H29N3O/c1-6-20(7-2,8-3)10-9-19-17(21)16-13(4)11-15(18)12-14(16)5/h11-12H,6-10H2,1-5H3,(H2-,18,19,21)/p+1. The van der Waals surface area contributed by atoms with Gasteiger partial charge in [0.2, 0.25) is 0 Å². The third-order valence-electron chi connectivity index (χ3n) is 4.67. The highest BCUT2D eigenvalue weighted by molar-refractivity contribution is 5.97. The van der Waals surface area contributed by atoms with Gasteiger partial charge in [0.1, 0.15) is 0 Å². The first-order chi connectivity index (χ1) is 9.89. The van der Waals surface area contributed by atoms with Crippen LogP contribution in [-0.4, -0.2) is 43.1 Å². The summed E-state index contributed by atoms with van der Waals surface area (Å²) in [6.45, 7) is 15.5. The zero-order valence-corrected chi connectivity index (χ0v) is 14.1. The minimum atomic E-state index is 0.00593. The zero-order chi connectivity index (χ0) is 16.0. The molecule has 0 fully saturated rings. The molecule has 1 aromatic carbocycles. The molecule has 4 heteroatoms. The van der Waals surface area contributed by atoms with Gasteiger partial charge in [0.25, 0.3) is 5.91 Å². The first kappa shape index (κ1) is 17.5. The number of nitrogens with one attached hydrogen (secondary N) is 1. The van der Waals surface area contributed by atoms with Crippen LogP contribution in [0.2, 0.25) is 0 Å². The van der Waals surface area contributed by atoms with E-state index in [1.165, 1.54) is 0 Å². The first-order valence-electron chi connectivity index (χ1n) is 7.89. The molecule has 0 aliphatic rings. The summed E-state index contributed by atoms with van der Waals surface area (Å²) in [5.41, 5.74) is 9.14. The van der Waals surface area contributed by atoms with Gasteiger partial charge in [-0.3, -0.25) is 4.79 Å². The number of likely N-dealkylation sites (N-methyl/N-ethyl adjacent to an activating group) is 1. The lowest BCUT2D eigenvalue weighted by Gasteiger charge is -2.35. The second-order valence-corrected chi connectivity index (χ2v) is 5.80. The van der Waals surface area contributed by atoms with Gasteiger partial charge in [-0.2, -0.15) is 0 Å². The smallest absolute Gasteiger partial charge is 0.252 e. The topological polar surface area (TPSA) is 55.1 Å². The lowest BCUT2D eigenvalue weighted by atomic mass is 10.0. The fraction of sp³-hybridized carbons (Fsp3) is 0.588. The van der Waals surface area contributed by atoms with Crippen LogP contribution in [0.4, 0.5) is 5.69 Å². The van der Waals surface area contributed by atoms with Crippen molar-refractivity contribution >= 4 is 11.6 Å². The van der Waals surface area contributed by atoms with Gasteiger partial charge in [-0.05, 0) is 57.9 Å². The van der Waals surface area contributed by atoms with Crippen molar-refractivity contribution in [2.75, 3.05) is 38.5 Å². The van der Waals surface area contributed by atoms with Crippen LogP contribution in [0.25, 0.3) is 0 Å². The number of hydrogen-bond donors (Lipinski definition) is 2. The van der Waals surface area contributed by atoms with E-state index in [2.05, 4.69) is 26.1 Å². The maximum Gasteiger partial charge on any atom is 0.252 e. The SMILES string of the molecule is CC[N+](CC)(CC)CCNC(=O)c1c(C)cc(N)cc1C. The summed E-state index contributed by atoms with van der Waals surface area (Å²) < 4.78 is 1.04.